The molecular weight excluding hydrogens is 375 g/mol. The van der Waals surface area contributed by atoms with Crippen molar-refractivity contribution < 1.29 is 19.0 Å². The van der Waals surface area contributed by atoms with E-state index in [0.717, 1.165) is 11.3 Å². The lowest BCUT2D eigenvalue weighted by molar-refractivity contribution is 0.0961. The number of ketones is 1. The van der Waals surface area contributed by atoms with Crippen LogP contribution in [0.25, 0.3) is 0 Å². The molecule has 1 saturated carbocycles. The molecule has 0 N–H and O–H groups in total. The number of hydrogen-bond acceptors (Lipinski definition) is 4. The van der Waals surface area contributed by atoms with Gasteiger partial charge in [-0.1, -0.05) is 12.1 Å². The molecule has 6 heteroatoms. The van der Waals surface area contributed by atoms with Crippen LogP contribution < -0.4 is 14.2 Å². The molecule has 2 atom stereocenters. The monoisotopic (exact) mass is 394 g/mol. The Balaban J connectivity index is 1.88. The third-order valence-corrected chi connectivity index (χ3v) is 5.50. The Morgan fingerprint density at radius 2 is 1.69 bits per heavy atom. The first kappa shape index (κ1) is 18.9. The third kappa shape index (κ3) is 3.36. The fourth-order valence-electron chi connectivity index (χ4n) is 3.18. The fourth-order valence-corrected chi connectivity index (χ4v) is 4.01. The molecule has 26 heavy (non-hydrogen) atoms. The van der Waals surface area contributed by atoms with E-state index in [1.807, 2.05) is 31.2 Å². The van der Waals surface area contributed by atoms with Gasteiger partial charge in [0.2, 0.25) is 0 Å². The lowest BCUT2D eigenvalue weighted by atomic mass is 10.0. The van der Waals surface area contributed by atoms with E-state index in [9.17, 15) is 4.79 Å². The van der Waals surface area contributed by atoms with Crippen molar-refractivity contribution in [2.45, 2.75) is 17.2 Å². The summed E-state index contributed by atoms with van der Waals surface area (Å²) in [6, 6.07) is 12.6. The van der Waals surface area contributed by atoms with Gasteiger partial charge in [-0.25, -0.2) is 0 Å². The number of Topliss-reactive ketones (excluding diaryl/α,β-unsaturated/α-hetero) is 1. The maximum Gasteiger partial charge on any atom is 0.173 e. The number of carbonyl (C=O) groups is 1. The molecule has 2 unspecified atom stereocenters. The number of hydrogen-bond donors (Lipinski definition) is 0. The van der Waals surface area contributed by atoms with Gasteiger partial charge in [0.15, 0.2) is 5.78 Å². The Morgan fingerprint density at radius 1 is 1.04 bits per heavy atom. The van der Waals surface area contributed by atoms with Crippen LogP contribution in [0.1, 0.15) is 28.8 Å². The van der Waals surface area contributed by atoms with Gasteiger partial charge in [-0.2, -0.15) is 0 Å². The van der Waals surface area contributed by atoms with Gasteiger partial charge in [0, 0.05) is 5.92 Å². The van der Waals surface area contributed by atoms with E-state index in [2.05, 4.69) is 0 Å². The van der Waals surface area contributed by atoms with Crippen LogP contribution in [0, 0.1) is 5.92 Å². The molecule has 0 saturated heterocycles. The second kappa shape index (κ2) is 7.37. The van der Waals surface area contributed by atoms with E-state index >= 15 is 0 Å². The predicted octanol–water partition coefficient (Wildman–Crippen LogP) is 4.87. The van der Waals surface area contributed by atoms with Crippen LogP contribution in [-0.4, -0.2) is 30.9 Å². The minimum absolute atomic E-state index is 0.162. The molecule has 3 rings (SSSR count). The summed E-state index contributed by atoms with van der Waals surface area (Å²) in [6.45, 7) is 2.52. The molecule has 0 heterocycles. The summed E-state index contributed by atoms with van der Waals surface area (Å²) in [5.74, 6) is 0.808. The second-order valence-corrected chi connectivity index (χ2v) is 7.51. The van der Waals surface area contributed by atoms with Gasteiger partial charge in [-0.15, -0.1) is 23.2 Å². The van der Waals surface area contributed by atoms with Crippen molar-refractivity contribution in [3.63, 3.8) is 0 Å². The Labute approximate surface area is 163 Å². The highest BCUT2D eigenvalue weighted by molar-refractivity contribution is 6.54. The van der Waals surface area contributed by atoms with Crippen LogP contribution in [-0.2, 0) is 0 Å². The molecule has 0 amide bonds. The van der Waals surface area contributed by atoms with Crippen LogP contribution in [0.3, 0.4) is 0 Å². The van der Waals surface area contributed by atoms with Gasteiger partial charge >= 0.3 is 0 Å². The molecule has 0 aromatic heterocycles. The van der Waals surface area contributed by atoms with Crippen molar-refractivity contribution in [1.29, 1.82) is 0 Å². The zero-order chi connectivity index (χ0) is 18.9. The Bertz CT molecular complexity index is 802. The Hall–Kier alpha value is -1.91. The molecular formula is C20H20Cl2O4. The smallest absolute Gasteiger partial charge is 0.173 e. The number of benzene rings is 2. The van der Waals surface area contributed by atoms with Crippen molar-refractivity contribution in [2.75, 3.05) is 20.8 Å². The Morgan fingerprint density at radius 3 is 2.27 bits per heavy atom. The van der Waals surface area contributed by atoms with Gasteiger partial charge in [0.25, 0.3) is 0 Å². The second-order valence-electron chi connectivity index (χ2n) is 6.06. The summed E-state index contributed by atoms with van der Waals surface area (Å²) in [5, 5.41) is 0. The van der Waals surface area contributed by atoms with Crippen molar-refractivity contribution in [2.24, 2.45) is 5.92 Å². The summed E-state index contributed by atoms with van der Waals surface area (Å²) in [5.41, 5.74) is 1.31. The maximum atomic E-state index is 13.1. The molecule has 0 spiro atoms. The van der Waals surface area contributed by atoms with E-state index in [-0.39, 0.29) is 11.7 Å². The van der Waals surface area contributed by atoms with Crippen LogP contribution in [0.5, 0.6) is 17.2 Å². The minimum atomic E-state index is -1.15. The van der Waals surface area contributed by atoms with Crippen LogP contribution in [0.4, 0.5) is 0 Å². The minimum Gasteiger partial charge on any atom is -0.497 e. The van der Waals surface area contributed by atoms with Gasteiger partial charge in [-0.05, 0) is 42.8 Å². The van der Waals surface area contributed by atoms with Gasteiger partial charge in [-0.3, -0.25) is 4.79 Å². The van der Waals surface area contributed by atoms with E-state index in [4.69, 9.17) is 37.4 Å². The molecule has 4 nitrogen and oxygen atoms in total. The first-order valence-corrected chi connectivity index (χ1v) is 9.06. The van der Waals surface area contributed by atoms with Crippen molar-refractivity contribution in [1.82, 2.24) is 0 Å². The quantitative estimate of drug-likeness (QED) is 0.496. The summed E-state index contributed by atoms with van der Waals surface area (Å²) < 4.78 is 14.8. The normalized spacial score (nSPS) is 20.3. The van der Waals surface area contributed by atoms with Gasteiger partial charge < -0.3 is 14.2 Å². The predicted molar refractivity (Wildman–Crippen MR) is 102 cm³/mol. The van der Waals surface area contributed by atoms with E-state index < -0.39 is 10.3 Å². The number of halogens is 2. The third-order valence-electron chi connectivity index (χ3n) is 4.56. The first-order valence-electron chi connectivity index (χ1n) is 8.30. The topological polar surface area (TPSA) is 44.8 Å². The highest BCUT2D eigenvalue weighted by atomic mass is 35.5. The fraction of sp³-hybridized carbons (Fsp3) is 0.350. The average Bonchev–Trinajstić information content (AvgIpc) is 3.23. The lowest BCUT2D eigenvalue weighted by Crippen LogP contribution is -2.09. The van der Waals surface area contributed by atoms with E-state index in [1.165, 1.54) is 7.11 Å². The molecule has 2 aromatic carbocycles. The number of rotatable bonds is 7. The maximum absolute atomic E-state index is 13.1. The molecule has 1 aliphatic carbocycles. The summed E-state index contributed by atoms with van der Waals surface area (Å²) in [4.78, 5) is 13.1. The van der Waals surface area contributed by atoms with Crippen molar-refractivity contribution in [3.8, 4) is 17.2 Å². The summed E-state index contributed by atoms with van der Waals surface area (Å²) >= 11 is 12.9. The zero-order valence-corrected chi connectivity index (χ0v) is 16.3. The largest absolute Gasteiger partial charge is 0.497 e. The van der Waals surface area contributed by atoms with E-state index in [0.29, 0.717) is 23.7 Å². The highest BCUT2D eigenvalue weighted by Gasteiger charge is 2.67. The molecule has 0 radical (unpaired) electrons. The summed E-state index contributed by atoms with van der Waals surface area (Å²) in [7, 11) is 3.06. The van der Waals surface area contributed by atoms with Crippen LogP contribution in [0.2, 0.25) is 0 Å². The highest BCUT2D eigenvalue weighted by Crippen LogP contribution is 2.66. The zero-order valence-electron chi connectivity index (χ0n) is 14.8. The summed E-state index contributed by atoms with van der Waals surface area (Å²) in [6.07, 6.45) is 0. The van der Waals surface area contributed by atoms with Gasteiger partial charge in [0.05, 0.1) is 32.3 Å². The number of methoxy groups -OCH3 is 2. The lowest BCUT2D eigenvalue weighted by Gasteiger charge is -2.09. The molecule has 0 bridgehead atoms. The molecule has 2 aromatic rings. The standard InChI is InChI=1S/C20H20Cl2O4/c1-4-26-13-7-5-12(6-8-13)17-18(20(17,21)22)19(23)15-11-14(24-2)9-10-16(15)25-3/h5-11,17-18H,4H2,1-3H3. The molecule has 138 valence electrons. The molecule has 1 fully saturated rings. The Kier molecular flexibility index (Phi) is 5.35. The van der Waals surface area contributed by atoms with Crippen LogP contribution in [0.15, 0.2) is 42.5 Å². The SMILES string of the molecule is CCOc1ccc(C2C(C(=O)c3cc(OC)ccc3OC)C2(Cl)Cl)cc1. The van der Waals surface area contributed by atoms with Crippen LogP contribution >= 0.6 is 23.2 Å². The van der Waals surface area contributed by atoms with Gasteiger partial charge in [0.1, 0.15) is 21.6 Å². The van der Waals surface area contributed by atoms with E-state index in [1.54, 1.807) is 25.3 Å². The van der Waals surface area contributed by atoms with Crippen molar-refractivity contribution in [3.05, 3.63) is 53.6 Å². The average molecular weight is 395 g/mol. The number of ether oxygens (including phenoxy) is 3. The first-order chi connectivity index (χ1) is 12.4. The van der Waals surface area contributed by atoms with Crippen molar-refractivity contribution >= 4 is 29.0 Å². The molecule has 1 aliphatic rings. The molecule has 0 aliphatic heterocycles. The number of alkyl halides is 2. The number of carbonyl (C=O) groups excluding carboxylic acids is 1.